The molecule has 1 atom stereocenters. The number of hydrogen-bond acceptors (Lipinski definition) is 2. The molecule has 96 valence electrons. The van der Waals surface area contributed by atoms with Crippen LogP contribution in [0.5, 0.6) is 0 Å². The monoisotopic (exact) mass is 247 g/mol. The van der Waals surface area contributed by atoms with Crippen LogP contribution in [0.2, 0.25) is 0 Å². The SMILES string of the molecule is CC(CN)(CCO)c1ccccc1C(F)(F)F. The summed E-state index contributed by atoms with van der Waals surface area (Å²) in [6.45, 7) is 1.49. The highest BCUT2D eigenvalue weighted by Gasteiger charge is 2.38. The molecule has 0 saturated carbocycles. The zero-order valence-electron chi connectivity index (χ0n) is 9.59. The van der Waals surface area contributed by atoms with E-state index in [1.807, 2.05) is 0 Å². The van der Waals surface area contributed by atoms with Crippen LogP contribution in [0.1, 0.15) is 24.5 Å². The maximum absolute atomic E-state index is 12.9. The Balaban J connectivity index is 3.29. The van der Waals surface area contributed by atoms with Gasteiger partial charge in [0.25, 0.3) is 0 Å². The molecule has 17 heavy (non-hydrogen) atoms. The van der Waals surface area contributed by atoms with Crippen molar-refractivity contribution in [3.63, 3.8) is 0 Å². The first kappa shape index (κ1) is 14.0. The minimum absolute atomic E-state index is 0.0562. The Hall–Kier alpha value is -1.07. The van der Waals surface area contributed by atoms with E-state index in [1.54, 1.807) is 13.0 Å². The van der Waals surface area contributed by atoms with E-state index in [1.165, 1.54) is 12.1 Å². The molecule has 1 rings (SSSR count). The van der Waals surface area contributed by atoms with E-state index in [4.69, 9.17) is 10.8 Å². The van der Waals surface area contributed by atoms with E-state index in [9.17, 15) is 13.2 Å². The fourth-order valence-electron chi connectivity index (χ4n) is 1.85. The van der Waals surface area contributed by atoms with Crippen molar-refractivity contribution in [1.82, 2.24) is 0 Å². The first-order valence-corrected chi connectivity index (χ1v) is 5.33. The van der Waals surface area contributed by atoms with E-state index in [0.717, 1.165) is 6.07 Å². The predicted octanol–water partition coefficient (Wildman–Crippen LogP) is 2.30. The zero-order chi connectivity index (χ0) is 13.1. The second-order valence-electron chi connectivity index (χ2n) is 4.28. The number of aliphatic hydroxyl groups excluding tert-OH is 1. The molecule has 0 heterocycles. The smallest absolute Gasteiger partial charge is 0.396 e. The van der Waals surface area contributed by atoms with Crippen LogP contribution in [-0.2, 0) is 11.6 Å². The van der Waals surface area contributed by atoms with E-state index >= 15 is 0 Å². The van der Waals surface area contributed by atoms with Gasteiger partial charge in [-0.15, -0.1) is 0 Å². The summed E-state index contributed by atoms with van der Waals surface area (Å²) < 4.78 is 38.6. The van der Waals surface area contributed by atoms with Crippen molar-refractivity contribution < 1.29 is 18.3 Å². The molecule has 0 spiro atoms. The predicted molar refractivity (Wildman–Crippen MR) is 59.6 cm³/mol. The van der Waals surface area contributed by atoms with Crippen LogP contribution in [0.15, 0.2) is 24.3 Å². The summed E-state index contributed by atoms with van der Waals surface area (Å²) in [7, 11) is 0. The van der Waals surface area contributed by atoms with Gasteiger partial charge in [-0.25, -0.2) is 0 Å². The molecular formula is C12H16F3NO. The van der Waals surface area contributed by atoms with Gasteiger partial charge in [0.1, 0.15) is 0 Å². The molecule has 0 saturated heterocycles. The Bertz CT molecular complexity index is 378. The normalized spacial score (nSPS) is 15.6. The molecule has 0 fully saturated rings. The Morgan fingerprint density at radius 1 is 1.18 bits per heavy atom. The van der Waals surface area contributed by atoms with Gasteiger partial charge in [0, 0.05) is 18.6 Å². The van der Waals surface area contributed by atoms with Crippen molar-refractivity contribution in [1.29, 1.82) is 0 Å². The summed E-state index contributed by atoms with van der Waals surface area (Å²) in [4.78, 5) is 0. The van der Waals surface area contributed by atoms with Gasteiger partial charge in [0.2, 0.25) is 0 Å². The zero-order valence-corrected chi connectivity index (χ0v) is 9.59. The Morgan fingerprint density at radius 2 is 1.71 bits per heavy atom. The Labute approximate surface area is 98.3 Å². The van der Waals surface area contributed by atoms with Crippen LogP contribution in [0.3, 0.4) is 0 Å². The summed E-state index contributed by atoms with van der Waals surface area (Å²) >= 11 is 0. The lowest BCUT2D eigenvalue weighted by Crippen LogP contribution is -2.35. The summed E-state index contributed by atoms with van der Waals surface area (Å²) in [5, 5.41) is 8.95. The largest absolute Gasteiger partial charge is 0.416 e. The van der Waals surface area contributed by atoms with Crippen LogP contribution in [0.25, 0.3) is 0 Å². The highest BCUT2D eigenvalue weighted by molar-refractivity contribution is 5.36. The van der Waals surface area contributed by atoms with Gasteiger partial charge in [-0.1, -0.05) is 25.1 Å². The Morgan fingerprint density at radius 3 is 2.12 bits per heavy atom. The molecule has 0 aliphatic heterocycles. The van der Waals surface area contributed by atoms with Crippen molar-refractivity contribution in [2.75, 3.05) is 13.2 Å². The summed E-state index contributed by atoms with van der Waals surface area (Å²) in [6, 6.07) is 5.37. The number of aliphatic hydroxyl groups is 1. The minimum Gasteiger partial charge on any atom is -0.396 e. The number of rotatable bonds is 4. The lowest BCUT2D eigenvalue weighted by atomic mass is 9.77. The number of nitrogens with two attached hydrogens (primary N) is 1. The summed E-state index contributed by atoms with van der Waals surface area (Å²) in [5.74, 6) is 0. The van der Waals surface area contributed by atoms with E-state index in [2.05, 4.69) is 0 Å². The first-order chi connectivity index (χ1) is 7.85. The van der Waals surface area contributed by atoms with Gasteiger partial charge in [-0.2, -0.15) is 13.2 Å². The van der Waals surface area contributed by atoms with Crippen LogP contribution in [0.4, 0.5) is 13.2 Å². The number of benzene rings is 1. The average molecular weight is 247 g/mol. The third kappa shape index (κ3) is 2.98. The van der Waals surface area contributed by atoms with E-state index in [0.29, 0.717) is 0 Å². The Kier molecular flexibility index (Phi) is 4.16. The lowest BCUT2D eigenvalue weighted by molar-refractivity contribution is -0.138. The van der Waals surface area contributed by atoms with Gasteiger partial charge in [0.05, 0.1) is 5.56 Å². The molecule has 0 bridgehead atoms. The molecule has 1 unspecified atom stereocenters. The summed E-state index contributed by atoms with van der Waals surface area (Å²) in [6.07, 6.45) is -4.20. The van der Waals surface area contributed by atoms with Crippen molar-refractivity contribution in [3.05, 3.63) is 35.4 Å². The standard InChI is InChI=1S/C12H16F3NO/c1-11(8-16,6-7-17)9-4-2-3-5-10(9)12(13,14)15/h2-5,17H,6-8,16H2,1H3. The van der Waals surface area contributed by atoms with Gasteiger partial charge in [0.15, 0.2) is 0 Å². The third-order valence-corrected chi connectivity index (χ3v) is 3.00. The summed E-state index contributed by atoms with van der Waals surface area (Å²) in [5.41, 5.74) is 4.16. The molecule has 5 heteroatoms. The van der Waals surface area contributed by atoms with Crippen LogP contribution in [0, 0.1) is 0 Å². The topological polar surface area (TPSA) is 46.2 Å². The van der Waals surface area contributed by atoms with Crippen LogP contribution < -0.4 is 5.73 Å². The average Bonchev–Trinajstić information content (AvgIpc) is 2.28. The van der Waals surface area contributed by atoms with Gasteiger partial charge >= 0.3 is 6.18 Å². The molecule has 1 aromatic carbocycles. The molecule has 0 aliphatic carbocycles. The number of halogens is 3. The maximum atomic E-state index is 12.9. The number of alkyl halides is 3. The van der Waals surface area contributed by atoms with Crippen molar-refractivity contribution in [3.8, 4) is 0 Å². The van der Waals surface area contributed by atoms with Crippen molar-refractivity contribution in [2.45, 2.75) is 24.9 Å². The number of hydrogen-bond donors (Lipinski definition) is 2. The van der Waals surface area contributed by atoms with E-state index < -0.39 is 17.2 Å². The second kappa shape index (κ2) is 5.06. The van der Waals surface area contributed by atoms with E-state index in [-0.39, 0.29) is 25.1 Å². The molecule has 2 nitrogen and oxygen atoms in total. The van der Waals surface area contributed by atoms with Crippen LogP contribution in [-0.4, -0.2) is 18.3 Å². The van der Waals surface area contributed by atoms with Crippen molar-refractivity contribution >= 4 is 0 Å². The maximum Gasteiger partial charge on any atom is 0.416 e. The second-order valence-corrected chi connectivity index (χ2v) is 4.28. The fourth-order valence-corrected chi connectivity index (χ4v) is 1.85. The molecule has 0 aromatic heterocycles. The molecule has 0 amide bonds. The molecule has 0 radical (unpaired) electrons. The van der Waals surface area contributed by atoms with Crippen LogP contribution >= 0.6 is 0 Å². The van der Waals surface area contributed by atoms with Gasteiger partial charge in [-0.05, 0) is 18.1 Å². The quantitative estimate of drug-likeness (QED) is 0.857. The molecule has 3 N–H and O–H groups in total. The lowest BCUT2D eigenvalue weighted by Gasteiger charge is -2.30. The third-order valence-electron chi connectivity index (χ3n) is 3.00. The minimum atomic E-state index is -4.40. The highest BCUT2D eigenvalue weighted by Crippen LogP contribution is 2.38. The first-order valence-electron chi connectivity index (χ1n) is 5.33. The molecular weight excluding hydrogens is 231 g/mol. The fraction of sp³-hybridized carbons (Fsp3) is 0.500. The highest BCUT2D eigenvalue weighted by atomic mass is 19.4. The van der Waals surface area contributed by atoms with Crippen molar-refractivity contribution in [2.24, 2.45) is 5.73 Å². The molecule has 0 aliphatic rings. The van der Waals surface area contributed by atoms with Gasteiger partial charge in [-0.3, -0.25) is 0 Å². The van der Waals surface area contributed by atoms with Gasteiger partial charge < -0.3 is 10.8 Å². The molecule has 1 aromatic rings.